The summed E-state index contributed by atoms with van der Waals surface area (Å²) < 4.78 is 16.5. The van der Waals surface area contributed by atoms with Crippen molar-refractivity contribution in [2.75, 3.05) is 18.0 Å². The molecule has 2 atom stereocenters. The van der Waals surface area contributed by atoms with Crippen molar-refractivity contribution in [3.8, 4) is 22.7 Å². The van der Waals surface area contributed by atoms with Gasteiger partial charge in [-0.25, -0.2) is 28.7 Å². The molecule has 0 saturated carbocycles. The van der Waals surface area contributed by atoms with E-state index in [1.807, 2.05) is 46.4 Å². The highest BCUT2D eigenvalue weighted by Gasteiger charge is 2.34. The first-order chi connectivity index (χ1) is 20.8. The Morgan fingerprint density at radius 2 is 1.75 bits per heavy atom. The molecule has 12 heteroatoms. The summed E-state index contributed by atoms with van der Waals surface area (Å²) in [7, 11) is 0. The topological polar surface area (TPSA) is 117 Å². The fourth-order valence-corrected chi connectivity index (χ4v) is 6.02. The van der Waals surface area contributed by atoms with Gasteiger partial charge in [-0.1, -0.05) is 51.9 Å². The lowest BCUT2D eigenvalue weighted by molar-refractivity contribution is -0.128. The Balaban J connectivity index is 1.88. The Hall–Kier alpha value is -4.38. The molecule has 3 aromatic heterocycles. The molecular formula is C32H35ClFN7O3. The second-order valence-corrected chi connectivity index (χ2v) is 12.1. The van der Waals surface area contributed by atoms with Crippen LogP contribution in [0, 0.1) is 5.82 Å². The van der Waals surface area contributed by atoms with Crippen LogP contribution in [0.1, 0.15) is 64.8 Å². The van der Waals surface area contributed by atoms with E-state index in [2.05, 4.69) is 21.5 Å². The van der Waals surface area contributed by atoms with E-state index in [0.29, 0.717) is 41.4 Å². The molecule has 4 aromatic rings. The van der Waals surface area contributed by atoms with E-state index >= 15 is 4.39 Å². The SMILES string of the molecule is C=CC(=O)N1CC(C)N(c2nc(=O)n(-c3c(C(C)C)ncnc3C(C)C)c3nc(-c4c(O)cccc4F)c(Cl)cc23)CC1C. The van der Waals surface area contributed by atoms with Crippen LogP contribution in [-0.2, 0) is 4.79 Å². The van der Waals surface area contributed by atoms with Gasteiger partial charge >= 0.3 is 5.69 Å². The number of fused-ring (bicyclic) bond motifs is 1. The molecule has 230 valence electrons. The molecule has 1 amide bonds. The number of benzene rings is 1. The maximum Gasteiger partial charge on any atom is 0.355 e. The first kappa shape index (κ1) is 31.1. The number of carbonyl (C=O) groups excluding carboxylic acids is 1. The van der Waals surface area contributed by atoms with Gasteiger partial charge in [-0.3, -0.25) is 4.79 Å². The molecule has 0 bridgehead atoms. The summed E-state index contributed by atoms with van der Waals surface area (Å²) in [6.45, 7) is 16.1. The Bertz CT molecular complexity index is 1790. The average Bonchev–Trinajstić information content (AvgIpc) is 2.97. The van der Waals surface area contributed by atoms with E-state index in [9.17, 15) is 14.7 Å². The normalized spacial score (nSPS) is 17.1. The van der Waals surface area contributed by atoms with Crippen molar-refractivity contribution < 1.29 is 14.3 Å². The van der Waals surface area contributed by atoms with Crippen LogP contribution in [0.3, 0.4) is 0 Å². The molecule has 0 spiro atoms. The number of pyridine rings is 1. The minimum atomic E-state index is -0.721. The Morgan fingerprint density at radius 1 is 1.09 bits per heavy atom. The van der Waals surface area contributed by atoms with Gasteiger partial charge in [0, 0.05) is 25.2 Å². The smallest absolute Gasteiger partial charge is 0.355 e. The number of piperazine rings is 1. The number of halogens is 2. The van der Waals surface area contributed by atoms with Gasteiger partial charge in [0.2, 0.25) is 5.91 Å². The van der Waals surface area contributed by atoms with Crippen molar-refractivity contribution in [3.05, 3.63) is 76.0 Å². The lowest BCUT2D eigenvalue weighted by Crippen LogP contribution is -2.58. The number of phenols is 1. The van der Waals surface area contributed by atoms with Gasteiger partial charge in [-0.2, -0.15) is 4.98 Å². The molecule has 44 heavy (non-hydrogen) atoms. The predicted octanol–water partition coefficient (Wildman–Crippen LogP) is 5.59. The molecule has 0 aliphatic carbocycles. The molecule has 1 N–H and O–H groups in total. The minimum absolute atomic E-state index is 0.0306. The third-order valence-corrected chi connectivity index (χ3v) is 8.23. The van der Waals surface area contributed by atoms with Crippen molar-refractivity contribution in [1.82, 2.24) is 29.4 Å². The third kappa shape index (κ3) is 5.29. The Kier molecular flexibility index (Phi) is 8.44. The van der Waals surface area contributed by atoms with E-state index in [1.54, 1.807) is 11.0 Å². The van der Waals surface area contributed by atoms with Crippen molar-refractivity contribution in [3.63, 3.8) is 0 Å². The number of carbonyl (C=O) groups is 1. The maximum absolute atomic E-state index is 15.1. The molecule has 10 nitrogen and oxygen atoms in total. The number of aromatic hydroxyl groups is 1. The van der Waals surface area contributed by atoms with Crippen LogP contribution in [0.5, 0.6) is 5.75 Å². The average molecular weight is 620 g/mol. The molecule has 4 heterocycles. The van der Waals surface area contributed by atoms with Gasteiger partial charge in [0.15, 0.2) is 5.65 Å². The van der Waals surface area contributed by atoms with Crippen molar-refractivity contribution in [1.29, 1.82) is 0 Å². The molecular weight excluding hydrogens is 585 g/mol. The molecule has 2 unspecified atom stereocenters. The van der Waals surface area contributed by atoms with E-state index in [4.69, 9.17) is 16.6 Å². The monoisotopic (exact) mass is 619 g/mol. The summed E-state index contributed by atoms with van der Waals surface area (Å²) in [5.41, 5.74) is 0.997. The van der Waals surface area contributed by atoms with E-state index in [1.165, 1.54) is 35.2 Å². The quantitative estimate of drug-likeness (QED) is 0.277. The number of amides is 1. The van der Waals surface area contributed by atoms with E-state index in [0.717, 1.165) is 0 Å². The van der Waals surface area contributed by atoms with Crippen molar-refractivity contribution >= 4 is 34.4 Å². The molecule has 1 aliphatic heterocycles. The molecule has 0 radical (unpaired) electrons. The predicted molar refractivity (Wildman–Crippen MR) is 169 cm³/mol. The zero-order valence-corrected chi connectivity index (χ0v) is 26.3. The van der Waals surface area contributed by atoms with Gasteiger partial charge in [-0.05, 0) is 50.0 Å². The highest BCUT2D eigenvalue weighted by molar-refractivity contribution is 6.34. The van der Waals surface area contributed by atoms with Crippen LogP contribution < -0.4 is 10.6 Å². The number of anilines is 1. The van der Waals surface area contributed by atoms with Gasteiger partial charge < -0.3 is 14.9 Å². The van der Waals surface area contributed by atoms with Crippen LogP contribution in [-0.4, -0.2) is 65.6 Å². The third-order valence-electron chi connectivity index (χ3n) is 7.94. The Labute approximate surface area is 259 Å². The van der Waals surface area contributed by atoms with Crippen LogP contribution in [0.25, 0.3) is 28.0 Å². The highest BCUT2D eigenvalue weighted by Crippen LogP contribution is 2.39. The standard InChI is InChI=1S/C32H35ClFN7O3/c1-8-24(43)39-13-19(7)40(14-18(39)6)30-20-12-21(33)28(25-22(34)10-9-11-23(25)42)37-31(20)41(32(44)38-30)29-26(16(2)3)35-15-36-27(29)17(4)5/h8-12,15-19,42H,1,13-14H2,2-7H3. The lowest BCUT2D eigenvalue weighted by Gasteiger charge is -2.44. The summed E-state index contributed by atoms with van der Waals surface area (Å²) in [6.07, 6.45) is 2.76. The molecule has 1 aromatic carbocycles. The number of aromatic nitrogens is 5. The number of nitrogens with zero attached hydrogens (tertiary/aromatic N) is 7. The zero-order chi connectivity index (χ0) is 32.0. The Morgan fingerprint density at radius 3 is 2.34 bits per heavy atom. The summed E-state index contributed by atoms with van der Waals surface area (Å²) in [5, 5.41) is 11.1. The number of phenolic OH excluding ortho intramolecular Hbond substituents is 1. The first-order valence-corrected chi connectivity index (χ1v) is 14.9. The molecule has 1 fully saturated rings. The molecule has 1 saturated heterocycles. The number of hydrogen-bond acceptors (Lipinski definition) is 8. The van der Waals surface area contributed by atoms with E-state index in [-0.39, 0.29) is 57.5 Å². The van der Waals surface area contributed by atoms with Crippen molar-refractivity contribution in [2.45, 2.75) is 65.5 Å². The van der Waals surface area contributed by atoms with Gasteiger partial charge in [0.1, 0.15) is 23.7 Å². The lowest BCUT2D eigenvalue weighted by atomic mass is 10.0. The number of hydrogen-bond donors (Lipinski definition) is 1. The van der Waals surface area contributed by atoms with Crippen LogP contribution >= 0.6 is 11.6 Å². The van der Waals surface area contributed by atoms with Crippen molar-refractivity contribution in [2.24, 2.45) is 0 Å². The van der Waals surface area contributed by atoms with Crippen LogP contribution in [0.2, 0.25) is 5.02 Å². The summed E-state index contributed by atoms with van der Waals surface area (Å²) >= 11 is 6.78. The van der Waals surface area contributed by atoms with Crippen LogP contribution in [0.4, 0.5) is 10.2 Å². The number of rotatable bonds is 6. The second kappa shape index (κ2) is 12.0. The van der Waals surface area contributed by atoms with Gasteiger partial charge in [0.25, 0.3) is 0 Å². The summed E-state index contributed by atoms with van der Waals surface area (Å²) in [5.74, 6) is -1.10. The second-order valence-electron chi connectivity index (χ2n) is 11.7. The largest absolute Gasteiger partial charge is 0.507 e. The summed E-state index contributed by atoms with van der Waals surface area (Å²) in [4.78, 5) is 48.9. The van der Waals surface area contributed by atoms with Gasteiger partial charge in [-0.15, -0.1) is 0 Å². The maximum atomic E-state index is 15.1. The fourth-order valence-electron chi connectivity index (χ4n) is 5.78. The highest BCUT2D eigenvalue weighted by atomic mass is 35.5. The van der Waals surface area contributed by atoms with Crippen LogP contribution in [0.15, 0.2) is 48.0 Å². The molecule has 1 aliphatic rings. The van der Waals surface area contributed by atoms with E-state index < -0.39 is 11.5 Å². The van der Waals surface area contributed by atoms with Gasteiger partial charge in [0.05, 0.1) is 38.7 Å². The first-order valence-electron chi connectivity index (χ1n) is 14.5. The fraction of sp³-hybridized carbons (Fsp3) is 0.375. The summed E-state index contributed by atoms with van der Waals surface area (Å²) in [6, 6.07) is 5.08. The molecule has 5 rings (SSSR count). The minimum Gasteiger partial charge on any atom is -0.507 e. The zero-order valence-electron chi connectivity index (χ0n) is 25.5.